The lowest BCUT2D eigenvalue weighted by atomic mass is 9.88. The van der Waals surface area contributed by atoms with Gasteiger partial charge in [0.15, 0.2) is 5.69 Å². The van der Waals surface area contributed by atoms with E-state index in [1.165, 1.54) is 55.4 Å². The zero-order chi connectivity index (χ0) is 26.1. The molecule has 0 aliphatic heterocycles. The Morgan fingerprint density at radius 3 is 0.974 bits per heavy atom. The van der Waals surface area contributed by atoms with E-state index in [0.29, 0.717) is 4.48 Å². The van der Waals surface area contributed by atoms with Crippen LogP contribution >= 0.6 is 0 Å². The van der Waals surface area contributed by atoms with E-state index in [1.54, 1.807) is 0 Å². The number of benzene rings is 7. The molecule has 39 heavy (non-hydrogen) atoms. The third kappa shape index (κ3) is 3.67. The Kier molecular flexibility index (Phi) is 5.77. The van der Waals surface area contributed by atoms with E-state index >= 15 is 0 Å². The molecule has 184 valence electrons. The van der Waals surface area contributed by atoms with Crippen molar-refractivity contribution in [3.63, 3.8) is 0 Å². The number of nitrogens with zero attached hydrogens (tertiary/aromatic N) is 1. The highest BCUT2D eigenvalue weighted by atomic mass is 15.4. The van der Waals surface area contributed by atoms with Crippen molar-refractivity contribution in [2.45, 2.75) is 0 Å². The van der Waals surface area contributed by atoms with Crippen LogP contribution in [0.3, 0.4) is 0 Å². The van der Waals surface area contributed by atoms with Crippen LogP contribution in [0.2, 0.25) is 0 Å². The first-order valence-electron chi connectivity index (χ1n) is 13.4. The molecule has 7 rings (SSSR count). The highest BCUT2D eigenvalue weighted by Gasteiger charge is 2.42. The minimum atomic E-state index is 0.471. The van der Waals surface area contributed by atoms with Crippen LogP contribution in [0, 0.1) is 0 Å². The van der Waals surface area contributed by atoms with Gasteiger partial charge in [0.2, 0.25) is 0 Å². The summed E-state index contributed by atoms with van der Waals surface area (Å²) in [7, 11) is 0. The van der Waals surface area contributed by atoms with Gasteiger partial charge in [-0.2, -0.15) is 4.48 Å². The third-order valence-corrected chi connectivity index (χ3v) is 7.73. The van der Waals surface area contributed by atoms with Gasteiger partial charge in [-0.15, -0.1) is 0 Å². The predicted molar refractivity (Wildman–Crippen MR) is 167 cm³/mol. The third-order valence-electron chi connectivity index (χ3n) is 7.73. The first-order chi connectivity index (χ1) is 19.4. The van der Waals surface area contributed by atoms with Crippen molar-refractivity contribution in [1.82, 2.24) is 4.48 Å². The fourth-order valence-corrected chi connectivity index (χ4v) is 6.17. The number of rotatable bonds is 5. The predicted octanol–water partition coefficient (Wildman–Crippen LogP) is 11.0. The summed E-state index contributed by atoms with van der Waals surface area (Å²) in [6.07, 6.45) is 0. The van der Waals surface area contributed by atoms with Crippen molar-refractivity contribution in [2.75, 3.05) is 0 Å². The quantitative estimate of drug-likeness (QED) is 0.163. The normalized spacial score (nSPS) is 11.6. The van der Waals surface area contributed by atoms with Gasteiger partial charge in [-0.25, -0.2) is 0 Å². The maximum Gasteiger partial charge on any atom is 0.164 e. The van der Waals surface area contributed by atoms with Crippen LogP contribution < -0.4 is 4.48 Å². The van der Waals surface area contributed by atoms with Gasteiger partial charge >= 0.3 is 0 Å². The first kappa shape index (κ1) is 23.2. The SMILES string of the molecule is c1ccc(-c2c3ccccc3c([N+](c3ccccc3)(c3ccccc3)c3ccccc3)c3ccccc23)cc1. The summed E-state index contributed by atoms with van der Waals surface area (Å²) < 4.78 is 0.471. The Balaban J connectivity index is 1.76. The average molecular weight is 499 g/mol. The molecule has 0 N–H and O–H groups in total. The molecule has 0 spiro atoms. The second-order valence-electron chi connectivity index (χ2n) is 9.86. The molecule has 0 aliphatic rings. The second-order valence-corrected chi connectivity index (χ2v) is 9.86. The van der Waals surface area contributed by atoms with E-state index in [9.17, 15) is 0 Å². The molecular formula is C38H28N+. The van der Waals surface area contributed by atoms with Crippen molar-refractivity contribution in [2.24, 2.45) is 0 Å². The number of para-hydroxylation sites is 3. The summed E-state index contributed by atoms with van der Waals surface area (Å²) in [4.78, 5) is 0. The van der Waals surface area contributed by atoms with Crippen molar-refractivity contribution >= 4 is 44.3 Å². The lowest BCUT2D eigenvalue weighted by molar-refractivity contribution is 0.714. The molecule has 0 heterocycles. The smallest absolute Gasteiger partial charge is 0.164 e. The molecule has 0 unspecified atom stereocenters. The van der Waals surface area contributed by atoms with Crippen molar-refractivity contribution < 1.29 is 0 Å². The molecule has 0 fully saturated rings. The molecular weight excluding hydrogens is 470 g/mol. The van der Waals surface area contributed by atoms with Gasteiger partial charge in [0.25, 0.3) is 0 Å². The molecule has 1 nitrogen and oxygen atoms in total. The lowest BCUT2D eigenvalue weighted by Gasteiger charge is -2.38. The molecule has 0 aliphatic carbocycles. The summed E-state index contributed by atoms with van der Waals surface area (Å²) >= 11 is 0. The van der Waals surface area contributed by atoms with Crippen molar-refractivity contribution in [3.8, 4) is 11.1 Å². The van der Waals surface area contributed by atoms with E-state index < -0.39 is 0 Å². The zero-order valence-electron chi connectivity index (χ0n) is 21.6. The van der Waals surface area contributed by atoms with Gasteiger partial charge in [0.05, 0.1) is 0 Å². The van der Waals surface area contributed by atoms with Crippen LogP contribution in [-0.2, 0) is 0 Å². The molecule has 0 saturated heterocycles. The molecule has 7 aromatic carbocycles. The van der Waals surface area contributed by atoms with E-state index in [-0.39, 0.29) is 0 Å². The van der Waals surface area contributed by atoms with E-state index in [1.807, 2.05) is 0 Å². The Hall–Kier alpha value is -4.98. The molecule has 0 amide bonds. The second kappa shape index (κ2) is 9.72. The Morgan fingerprint density at radius 2 is 0.590 bits per heavy atom. The first-order valence-corrected chi connectivity index (χ1v) is 13.4. The monoisotopic (exact) mass is 498 g/mol. The summed E-state index contributed by atoms with van der Waals surface area (Å²) in [5, 5.41) is 4.99. The number of fused-ring (bicyclic) bond motifs is 2. The van der Waals surface area contributed by atoms with Crippen LogP contribution in [0.4, 0.5) is 22.7 Å². The minimum absolute atomic E-state index is 0.471. The summed E-state index contributed by atoms with van der Waals surface area (Å²) in [5.74, 6) is 0. The lowest BCUT2D eigenvalue weighted by Crippen LogP contribution is -2.33. The van der Waals surface area contributed by atoms with Crippen molar-refractivity contribution in [1.29, 1.82) is 0 Å². The topological polar surface area (TPSA) is 0 Å². The summed E-state index contributed by atoms with van der Waals surface area (Å²) in [6, 6.07) is 61.4. The Labute approximate surface area is 229 Å². The van der Waals surface area contributed by atoms with Gasteiger partial charge < -0.3 is 0 Å². The fourth-order valence-electron chi connectivity index (χ4n) is 6.17. The molecule has 0 bridgehead atoms. The van der Waals surface area contributed by atoms with E-state index in [2.05, 4.69) is 170 Å². The molecule has 0 radical (unpaired) electrons. The fraction of sp³-hybridized carbons (Fsp3) is 0. The van der Waals surface area contributed by atoms with E-state index in [0.717, 1.165) is 0 Å². The molecule has 7 aromatic rings. The molecule has 1 heteroatoms. The summed E-state index contributed by atoms with van der Waals surface area (Å²) in [5.41, 5.74) is 7.34. The number of quaternary nitrogens is 1. The Bertz CT molecular complexity index is 1720. The minimum Gasteiger partial charge on any atom is -0.193 e. The van der Waals surface area contributed by atoms with E-state index in [4.69, 9.17) is 0 Å². The van der Waals surface area contributed by atoms with Gasteiger partial charge in [-0.05, 0) is 34.0 Å². The Morgan fingerprint density at radius 1 is 0.282 bits per heavy atom. The van der Waals surface area contributed by atoms with Crippen LogP contribution in [0.25, 0.3) is 32.7 Å². The van der Waals surface area contributed by atoms with Gasteiger partial charge in [-0.1, -0.05) is 121 Å². The number of hydrogen-bond donors (Lipinski definition) is 0. The van der Waals surface area contributed by atoms with Gasteiger partial charge in [0, 0.05) is 47.2 Å². The standard InChI is InChI=1S/C38H28N/c1-5-17-29(18-6-1)37-33-25-13-15-27-35(33)38(36-28-16-14-26-34(36)37)39(30-19-7-2-8-20-30,31-21-9-3-10-22-31)32-23-11-4-12-24-32/h1-28H/q+1. The van der Waals surface area contributed by atoms with Crippen molar-refractivity contribution in [3.05, 3.63) is 170 Å². The summed E-state index contributed by atoms with van der Waals surface area (Å²) in [6.45, 7) is 0. The average Bonchev–Trinajstić information content (AvgIpc) is 3.03. The maximum absolute atomic E-state index is 2.30. The van der Waals surface area contributed by atoms with Gasteiger partial charge in [0.1, 0.15) is 17.1 Å². The van der Waals surface area contributed by atoms with Crippen LogP contribution in [0.1, 0.15) is 0 Å². The highest BCUT2D eigenvalue weighted by molar-refractivity contribution is 6.22. The number of hydrogen-bond acceptors (Lipinski definition) is 0. The zero-order valence-corrected chi connectivity index (χ0v) is 21.6. The van der Waals surface area contributed by atoms with Gasteiger partial charge in [-0.3, -0.25) is 0 Å². The molecule has 0 aromatic heterocycles. The maximum atomic E-state index is 2.30. The molecule has 0 atom stereocenters. The highest BCUT2D eigenvalue weighted by Crippen LogP contribution is 2.57. The van der Waals surface area contributed by atoms with Crippen LogP contribution in [-0.4, -0.2) is 0 Å². The molecule has 0 saturated carbocycles. The van der Waals surface area contributed by atoms with Crippen LogP contribution in [0.5, 0.6) is 0 Å². The largest absolute Gasteiger partial charge is 0.193 e. The van der Waals surface area contributed by atoms with Crippen LogP contribution in [0.15, 0.2) is 170 Å².